The first-order valence-corrected chi connectivity index (χ1v) is 6.30. The van der Waals surface area contributed by atoms with Crippen LogP contribution in [0.2, 0.25) is 0 Å². The summed E-state index contributed by atoms with van der Waals surface area (Å²) < 4.78 is 10.2. The predicted octanol–water partition coefficient (Wildman–Crippen LogP) is 0.809. The van der Waals surface area contributed by atoms with Gasteiger partial charge in [-0.25, -0.2) is 9.59 Å². The Bertz CT molecular complexity index is 556. The van der Waals surface area contributed by atoms with Gasteiger partial charge >= 0.3 is 12.0 Å². The summed E-state index contributed by atoms with van der Waals surface area (Å²) in [6.45, 7) is 4.79. The van der Waals surface area contributed by atoms with E-state index < -0.39 is 24.0 Å². The summed E-state index contributed by atoms with van der Waals surface area (Å²) in [5.74, 6) is -0.938. The lowest BCUT2D eigenvalue weighted by molar-refractivity contribution is -0.156. The standard InChI is InChI=1S/C14H18N2O5/c1-8-5-4-6-11(9(8)2)20-7-12(17)21-10(3)13(18)16-14(15)19/h4-6,10H,7H2,1-3H3,(H3,15,16,18,19)/t10-/m1/s1. The van der Waals surface area contributed by atoms with E-state index in [-0.39, 0.29) is 6.61 Å². The summed E-state index contributed by atoms with van der Waals surface area (Å²) in [4.78, 5) is 33.4. The van der Waals surface area contributed by atoms with Gasteiger partial charge in [0.05, 0.1) is 0 Å². The van der Waals surface area contributed by atoms with Crippen molar-refractivity contribution in [3.05, 3.63) is 29.3 Å². The Morgan fingerprint density at radius 2 is 1.95 bits per heavy atom. The SMILES string of the molecule is Cc1cccc(OCC(=O)O[C@H](C)C(=O)NC(N)=O)c1C. The topological polar surface area (TPSA) is 108 Å². The second-order valence-electron chi connectivity index (χ2n) is 4.47. The van der Waals surface area contributed by atoms with E-state index in [0.717, 1.165) is 11.1 Å². The van der Waals surface area contributed by atoms with Gasteiger partial charge in [-0.1, -0.05) is 12.1 Å². The van der Waals surface area contributed by atoms with Crippen LogP contribution in [0.15, 0.2) is 18.2 Å². The van der Waals surface area contributed by atoms with Crippen LogP contribution in [0.25, 0.3) is 0 Å². The number of benzene rings is 1. The van der Waals surface area contributed by atoms with E-state index >= 15 is 0 Å². The second kappa shape index (κ2) is 7.28. The molecule has 1 rings (SSSR count). The first-order chi connectivity index (χ1) is 9.81. The van der Waals surface area contributed by atoms with Crippen molar-refractivity contribution in [1.82, 2.24) is 5.32 Å². The third-order valence-electron chi connectivity index (χ3n) is 2.82. The zero-order valence-corrected chi connectivity index (χ0v) is 12.1. The summed E-state index contributed by atoms with van der Waals surface area (Å²) in [6, 6.07) is 4.47. The molecule has 7 nitrogen and oxygen atoms in total. The summed E-state index contributed by atoms with van der Waals surface area (Å²) in [7, 11) is 0. The number of imide groups is 1. The second-order valence-corrected chi connectivity index (χ2v) is 4.47. The van der Waals surface area contributed by atoms with Gasteiger partial charge < -0.3 is 15.2 Å². The number of carbonyl (C=O) groups is 3. The molecule has 0 aromatic heterocycles. The third-order valence-corrected chi connectivity index (χ3v) is 2.82. The molecule has 3 amide bonds. The van der Waals surface area contributed by atoms with Crippen LogP contribution in [0.5, 0.6) is 5.75 Å². The van der Waals surface area contributed by atoms with Crippen LogP contribution in [0, 0.1) is 13.8 Å². The van der Waals surface area contributed by atoms with Crippen LogP contribution in [0.4, 0.5) is 4.79 Å². The first-order valence-electron chi connectivity index (χ1n) is 6.30. The molecule has 7 heteroatoms. The molecule has 114 valence electrons. The van der Waals surface area contributed by atoms with Gasteiger partial charge in [-0.3, -0.25) is 10.1 Å². The van der Waals surface area contributed by atoms with Crippen molar-refractivity contribution < 1.29 is 23.9 Å². The fourth-order valence-corrected chi connectivity index (χ4v) is 1.52. The molecule has 1 aromatic rings. The Labute approximate surface area is 122 Å². The van der Waals surface area contributed by atoms with Crippen LogP contribution in [0.3, 0.4) is 0 Å². The summed E-state index contributed by atoms with van der Waals surface area (Å²) in [5.41, 5.74) is 6.75. The van der Waals surface area contributed by atoms with Crippen molar-refractivity contribution in [2.45, 2.75) is 26.9 Å². The number of amides is 3. The van der Waals surface area contributed by atoms with Crippen molar-refractivity contribution in [2.75, 3.05) is 6.61 Å². The Hall–Kier alpha value is -2.57. The fourth-order valence-electron chi connectivity index (χ4n) is 1.52. The molecule has 0 spiro atoms. The third kappa shape index (κ3) is 5.13. The molecular weight excluding hydrogens is 276 g/mol. The van der Waals surface area contributed by atoms with Crippen molar-refractivity contribution in [3.8, 4) is 5.75 Å². The van der Waals surface area contributed by atoms with Gasteiger partial charge in [0.2, 0.25) is 0 Å². The van der Waals surface area contributed by atoms with Crippen molar-refractivity contribution in [3.63, 3.8) is 0 Å². The van der Waals surface area contributed by atoms with Gasteiger partial charge in [0.15, 0.2) is 12.7 Å². The number of esters is 1. The van der Waals surface area contributed by atoms with E-state index in [2.05, 4.69) is 0 Å². The molecule has 0 saturated heterocycles. The van der Waals surface area contributed by atoms with E-state index in [1.54, 1.807) is 6.07 Å². The van der Waals surface area contributed by atoms with Crippen LogP contribution >= 0.6 is 0 Å². The monoisotopic (exact) mass is 294 g/mol. The lowest BCUT2D eigenvalue weighted by Gasteiger charge is -2.13. The van der Waals surface area contributed by atoms with E-state index in [0.29, 0.717) is 5.75 Å². The maximum Gasteiger partial charge on any atom is 0.344 e. The van der Waals surface area contributed by atoms with Gasteiger partial charge in [0.25, 0.3) is 5.91 Å². The van der Waals surface area contributed by atoms with E-state index in [1.807, 2.05) is 31.3 Å². The Morgan fingerprint density at radius 3 is 2.57 bits per heavy atom. The predicted molar refractivity (Wildman–Crippen MR) is 74.7 cm³/mol. The van der Waals surface area contributed by atoms with E-state index in [9.17, 15) is 14.4 Å². The average Bonchev–Trinajstić information content (AvgIpc) is 2.39. The highest BCUT2D eigenvalue weighted by molar-refractivity contribution is 5.96. The maximum atomic E-state index is 11.6. The minimum atomic E-state index is -1.13. The maximum absolute atomic E-state index is 11.6. The lowest BCUT2D eigenvalue weighted by Crippen LogP contribution is -2.42. The van der Waals surface area contributed by atoms with Gasteiger partial charge in [0.1, 0.15) is 5.75 Å². The number of hydrogen-bond acceptors (Lipinski definition) is 5. The zero-order chi connectivity index (χ0) is 16.0. The molecule has 0 bridgehead atoms. The Morgan fingerprint density at radius 1 is 1.29 bits per heavy atom. The number of primary amides is 1. The minimum absolute atomic E-state index is 0.335. The number of urea groups is 1. The molecule has 0 radical (unpaired) electrons. The zero-order valence-electron chi connectivity index (χ0n) is 12.1. The highest BCUT2D eigenvalue weighted by Gasteiger charge is 2.19. The molecule has 0 aliphatic heterocycles. The number of hydrogen-bond donors (Lipinski definition) is 2. The van der Waals surface area contributed by atoms with E-state index in [1.165, 1.54) is 6.92 Å². The molecule has 0 aliphatic carbocycles. The van der Waals surface area contributed by atoms with Crippen LogP contribution in [-0.4, -0.2) is 30.6 Å². The quantitative estimate of drug-likeness (QED) is 0.781. The largest absolute Gasteiger partial charge is 0.482 e. The highest BCUT2D eigenvalue weighted by Crippen LogP contribution is 2.20. The van der Waals surface area contributed by atoms with Gasteiger partial charge in [-0.15, -0.1) is 0 Å². The average molecular weight is 294 g/mol. The molecule has 0 aliphatic rings. The molecule has 1 aromatic carbocycles. The molecular formula is C14H18N2O5. The number of rotatable bonds is 5. The molecule has 0 fully saturated rings. The smallest absolute Gasteiger partial charge is 0.344 e. The molecule has 0 heterocycles. The Balaban J connectivity index is 2.49. The summed E-state index contributed by atoms with van der Waals surface area (Å²) in [6.07, 6.45) is -1.13. The van der Waals surface area contributed by atoms with Gasteiger partial charge in [0, 0.05) is 0 Å². The van der Waals surface area contributed by atoms with Crippen molar-refractivity contribution in [1.29, 1.82) is 0 Å². The minimum Gasteiger partial charge on any atom is -0.482 e. The number of carbonyl (C=O) groups excluding carboxylic acids is 3. The van der Waals surface area contributed by atoms with Crippen LogP contribution < -0.4 is 15.8 Å². The van der Waals surface area contributed by atoms with Crippen LogP contribution in [-0.2, 0) is 14.3 Å². The van der Waals surface area contributed by atoms with Gasteiger partial charge in [-0.2, -0.15) is 0 Å². The summed E-state index contributed by atoms with van der Waals surface area (Å²) >= 11 is 0. The fraction of sp³-hybridized carbons (Fsp3) is 0.357. The van der Waals surface area contributed by atoms with Crippen LogP contribution in [0.1, 0.15) is 18.1 Å². The summed E-state index contributed by atoms with van der Waals surface area (Å²) in [5, 5.41) is 1.82. The number of nitrogens with two attached hydrogens (primary N) is 1. The van der Waals surface area contributed by atoms with Gasteiger partial charge in [-0.05, 0) is 38.0 Å². The van der Waals surface area contributed by atoms with E-state index in [4.69, 9.17) is 15.2 Å². The van der Waals surface area contributed by atoms with Crippen molar-refractivity contribution in [2.24, 2.45) is 5.73 Å². The first kappa shape index (κ1) is 16.5. The lowest BCUT2D eigenvalue weighted by atomic mass is 10.1. The normalized spacial score (nSPS) is 11.4. The molecule has 3 N–H and O–H groups in total. The number of nitrogens with one attached hydrogen (secondary N) is 1. The Kier molecular flexibility index (Phi) is 5.71. The molecule has 0 saturated carbocycles. The molecule has 21 heavy (non-hydrogen) atoms. The number of aryl methyl sites for hydroxylation is 1. The van der Waals surface area contributed by atoms with Crippen molar-refractivity contribution >= 4 is 17.9 Å². The molecule has 0 unspecified atom stereocenters. The highest BCUT2D eigenvalue weighted by atomic mass is 16.6. The molecule has 1 atom stereocenters. The number of ether oxygens (including phenoxy) is 2.